The smallest absolute Gasteiger partial charge is 0.336 e. The largest absolute Gasteiger partial charge is 0.481 e. The van der Waals surface area contributed by atoms with Crippen LogP contribution < -0.4 is 15.7 Å². The van der Waals surface area contributed by atoms with Crippen LogP contribution in [0.25, 0.3) is 11.0 Å². The summed E-state index contributed by atoms with van der Waals surface area (Å²) in [6.45, 7) is 7.77. The molecule has 0 aliphatic carbocycles. The third kappa shape index (κ3) is 4.37. The van der Waals surface area contributed by atoms with Crippen molar-refractivity contribution in [1.82, 2.24) is 0 Å². The highest BCUT2D eigenvalue weighted by Crippen LogP contribution is 2.23. The maximum atomic E-state index is 12.4. The molecule has 3 aromatic rings. The van der Waals surface area contributed by atoms with Gasteiger partial charge in [0, 0.05) is 23.2 Å². The van der Waals surface area contributed by atoms with Gasteiger partial charge >= 0.3 is 5.63 Å². The molecule has 0 saturated heterocycles. The first-order chi connectivity index (χ1) is 12.8. The minimum absolute atomic E-state index is 0.252. The molecule has 0 radical (unpaired) electrons. The summed E-state index contributed by atoms with van der Waals surface area (Å²) in [7, 11) is 0. The summed E-state index contributed by atoms with van der Waals surface area (Å²) in [6, 6.07) is 14.4. The van der Waals surface area contributed by atoms with Crippen molar-refractivity contribution in [3.05, 3.63) is 70.1 Å². The maximum Gasteiger partial charge on any atom is 0.336 e. The van der Waals surface area contributed by atoms with E-state index in [0.29, 0.717) is 17.3 Å². The number of ether oxygens (including phenoxy) is 1. The summed E-state index contributed by atoms with van der Waals surface area (Å²) in [4.78, 5) is 23.9. The second-order valence-corrected chi connectivity index (χ2v) is 6.93. The topological polar surface area (TPSA) is 68.5 Å². The minimum Gasteiger partial charge on any atom is -0.481 e. The summed E-state index contributed by atoms with van der Waals surface area (Å²) in [6.07, 6.45) is -0.705. The average molecular weight is 365 g/mol. The normalized spacial score (nSPS) is 12.2. The number of rotatable bonds is 5. The molecule has 5 nitrogen and oxygen atoms in total. The first-order valence-electron chi connectivity index (χ1n) is 8.95. The molecule has 0 aliphatic heterocycles. The Morgan fingerprint density at radius 1 is 1.04 bits per heavy atom. The lowest BCUT2D eigenvalue weighted by molar-refractivity contribution is -0.122. The predicted octanol–water partition coefficient (Wildman–Crippen LogP) is 4.63. The number of hydrogen-bond acceptors (Lipinski definition) is 4. The highest BCUT2D eigenvalue weighted by molar-refractivity contribution is 5.94. The molecule has 0 unspecified atom stereocenters. The van der Waals surface area contributed by atoms with Crippen LogP contribution in [0, 0.1) is 6.92 Å². The molecule has 0 saturated carbocycles. The third-order valence-electron chi connectivity index (χ3n) is 4.45. The molecule has 1 heterocycles. The van der Waals surface area contributed by atoms with Crippen molar-refractivity contribution in [3.63, 3.8) is 0 Å². The molecular formula is C22H23NO4. The van der Waals surface area contributed by atoms with Crippen LogP contribution in [0.2, 0.25) is 0 Å². The third-order valence-corrected chi connectivity index (χ3v) is 4.45. The lowest BCUT2D eigenvalue weighted by Crippen LogP contribution is -2.30. The van der Waals surface area contributed by atoms with E-state index in [1.54, 1.807) is 19.1 Å². The number of hydrogen-bond donors (Lipinski definition) is 1. The van der Waals surface area contributed by atoms with Gasteiger partial charge in [-0.2, -0.15) is 0 Å². The molecule has 0 aliphatic rings. The van der Waals surface area contributed by atoms with Gasteiger partial charge in [-0.25, -0.2) is 4.79 Å². The highest BCUT2D eigenvalue weighted by atomic mass is 16.5. The van der Waals surface area contributed by atoms with E-state index in [2.05, 4.69) is 19.2 Å². The number of benzene rings is 2. The first kappa shape index (κ1) is 18.7. The van der Waals surface area contributed by atoms with Crippen molar-refractivity contribution in [2.24, 2.45) is 0 Å². The van der Waals surface area contributed by atoms with Gasteiger partial charge in [-0.05, 0) is 55.2 Å². The molecule has 2 aromatic carbocycles. The van der Waals surface area contributed by atoms with Crippen LogP contribution in [-0.4, -0.2) is 12.0 Å². The summed E-state index contributed by atoms with van der Waals surface area (Å²) in [5.74, 6) is 0.653. The zero-order valence-electron chi connectivity index (χ0n) is 15.9. The highest BCUT2D eigenvalue weighted by Gasteiger charge is 2.16. The van der Waals surface area contributed by atoms with Crippen molar-refractivity contribution in [2.45, 2.75) is 39.7 Å². The standard InChI is InChI=1S/C22H23NO4/c1-13(2)16-5-7-17(8-6-16)23-22(25)15(4)26-18-9-10-19-14(3)11-21(24)27-20(19)12-18/h5-13,15H,1-4H3,(H,23,25)/t15-/m1/s1. The lowest BCUT2D eigenvalue weighted by atomic mass is 10.0. The van der Waals surface area contributed by atoms with Gasteiger partial charge in [-0.3, -0.25) is 4.79 Å². The van der Waals surface area contributed by atoms with Crippen LogP contribution in [0.3, 0.4) is 0 Å². The van der Waals surface area contributed by atoms with E-state index in [1.165, 1.54) is 11.6 Å². The molecule has 0 bridgehead atoms. The molecule has 1 atom stereocenters. The summed E-state index contributed by atoms with van der Waals surface area (Å²) in [5, 5.41) is 3.68. The second-order valence-electron chi connectivity index (χ2n) is 6.93. The zero-order valence-corrected chi connectivity index (χ0v) is 15.9. The van der Waals surface area contributed by atoms with Crippen molar-refractivity contribution in [2.75, 3.05) is 5.32 Å². The number of carbonyl (C=O) groups excluding carboxylic acids is 1. The van der Waals surface area contributed by atoms with E-state index in [4.69, 9.17) is 9.15 Å². The molecule has 1 amide bonds. The fourth-order valence-corrected chi connectivity index (χ4v) is 2.83. The van der Waals surface area contributed by atoms with Crippen LogP contribution in [0.1, 0.15) is 37.8 Å². The van der Waals surface area contributed by atoms with Gasteiger partial charge in [0.05, 0.1) is 0 Å². The van der Waals surface area contributed by atoms with E-state index in [1.807, 2.05) is 37.3 Å². The fraction of sp³-hybridized carbons (Fsp3) is 0.273. The Balaban J connectivity index is 1.70. The monoisotopic (exact) mass is 365 g/mol. The number of amides is 1. The van der Waals surface area contributed by atoms with Gasteiger partial charge in [0.25, 0.3) is 5.91 Å². The Bertz CT molecular complexity index is 1020. The lowest BCUT2D eigenvalue weighted by Gasteiger charge is -2.15. The molecule has 27 heavy (non-hydrogen) atoms. The number of fused-ring (bicyclic) bond motifs is 1. The van der Waals surface area contributed by atoms with Gasteiger partial charge in [-0.1, -0.05) is 26.0 Å². The summed E-state index contributed by atoms with van der Waals surface area (Å²) in [5.41, 5.74) is 2.80. The maximum absolute atomic E-state index is 12.4. The Labute approximate surface area is 158 Å². The molecule has 1 aromatic heterocycles. The molecule has 3 rings (SSSR count). The van der Waals surface area contributed by atoms with Crippen molar-refractivity contribution < 1.29 is 13.9 Å². The Morgan fingerprint density at radius 3 is 2.41 bits per heavy atom. The minimum atomic E-state index is -0.705. The van der Waals surface area contributed by atoms with Gasteiger partial charge in [0.1, 0.15) is 11.3 Å². The van der Waals surface area contributed by atoms with E-state index in [0.717, 1.165) is 16.6 Å². The first-order valence-corrected chi connectivity index (χ1v) is 8.95. The average Bonchev–Trinajstić information content (AvgIpc) is 2.61. The van der Waals surface area contributed by atoms with Crippen molar-refractivity contribution in [1.29, 1.82) is 0 Å². The summed E-state index contributed by atoms with van der Waals surface area (Å²) >= 11 is 0. The van der Waals surface area contributed by atoms with Gasteiger partial charge < -0.3 is 14.5 Å². The number of anilines is 1. The van der Waals surface area contributed by atoms with Crippen molar-refractivity contribution >= 4 is 22.6 Å². The predicted molar refractivity (Wildman–Crippen MR) is 106 cm³/mol. The van der Waals surface area contributed by atoms with Crippen LogP contribution in [-0.2, 0) is 4.79 Å². The quantitative estimate of drug-likeness (QED) is 0.669. The van der Waals surface area contributed by atoms with Crippen molar-refractivity contribution in [3.8, 4) is 5.75 Å². The molecule has 5 heteroatoms. The SMILES string of the molecule is Cc1cc(=O)oc2cc(O[C@H](C)C(=O)Nc3ccc(C(C)C)cc3)ccc12. The van der Waals surface area contributed by atoms with E-state index < -0.39 is 11.7 Å². The number of carbonyl (C=O) groups is 1. The molecule has 1 N–H and O–H groups in total. The number of aryl methyl sites for hydroxylation is 1. The van der Waals surface area contributed by atoms with E-state index >= 15 is 0 Å². The van der Waals surface area contributed by atoms with Gasteiger partial charge in [0.2, 0.25) is 0 Å². The zero-order chi connectivity index (χ0) is 19.6. The van der Waals surface area contributed by atoms with Crippen LogP contribution >= 0.6 is 0 Å². The summed E-state index contributed by atoms with van der Waals surface area (Å²) < 4.78 is 10.9. The molecule has 0 fully saturated rings. The number of nitrogens with one attached hydrogen (secondary N) is 1. The molecular weight excluding hydrogens is 342 g/mol. The van der Waals surface area contributed by atoms with Gasteiger partial charge in [-0.15, -0.1) is 0 Å². The second kappa shape index (κ2) is 7.66. The molecule has 0 spiro atoms. The van der Waals surface area contributed by atoms with Gasteiger partial charge in [0.15, 0.2) is 6.10 Å². The van der Waals surface area contributed by atoms with E-state index in [9.17, 15) is 9.59 Å². The van der Waals surface area contributed by atoms with Crippen LogP contribution in [0.15, 0.2) is 57.7 Å². The fourth-order valence-electron chi connectivity index (χ4n) is 2.83. The molecule has 140 valence electrons. The van der Waals surface area contributed by atoms with Crippen LogP contribution in [0.4, 0.5) is 5.69 Å². The Hall–Kier alpha value is -3.08. The Morgan fingerprint density at radius 2 is 1.74 bits per heavy atom. The Kier molecular flexibility index (Phi) is 5.31. The van der Waals surface area contributed by atoms with Crippen LogP contribution in [0.5, 0.6) is 5.75 Å². The van der Waals surface area contributed by atoms with E-state index in [-0.39, 0.29) is 5.91 Å².